The van der Waals surface area contributed by atoms with Crippen molar-refractivity contribution in [2.75, 3.05) is 13.2 Å². The number of alkyl halides is 2. The zero-order chi connectivity index (χ0) is 11.3. The zero-order valence-corrected chi connectivity index (χ0v) is 7.99. The van der Waals surface area contributed by atoms with E-state index in [1.165, 1.54) is 22.9 Å². The topological polar surface area (TPSA) is 54.3 Å². The molecule has 6 heteroatoms. The van der Waals surface area contributed by atoms with Crippen LogP contribution in [0.1, 0.15) is 10.5 Å². The number of halogens is 2. The number of carbonyl (C=O) groups excluding carboxylic acids is 1. The second kappa shape index (κ2) is 5.45. The molecule has 2 N–H and O–H groups in total. The zero-order valence-electron chi connectivity index (χ0n) is 7.99. The summed E-state index contributed by atoms with van der Waals surface area (Å²) in [7, 11) is 0. The molecule has 0 bridgehead atoms. The molecule has 1 aromatic heterocycles. The summed E-state index contributed by atoms with van der Waals surface area (Å²) in [4.78, 5) is 11.4. The Kier molecular flexibility index (Phi) is 4.23. The number of amides is 1. The summed E-state index contributed by atoms with van der Waals surface area (Å²) >= 11 is 0. The first-order chi connectivity index (χ1) is 7.15. The normalized spacial score (nSPS) is 10.7. The average molecular weight is 218 g/mol. The molecule has 0 aromatic carbocycles. The van der Waals surface area contributed by atoms with Crippen molar-refractivity contribution in [2.24, 2.45) is 0 Å². The van der Waals surface area contributed by atoms with Gasteiger partial charge in [-0.2, -0.15) is 0 Å². The van der Waals surface area contributed by atoms with Crippen LogP contribution in [0, 0.1) is 0 Å². The van der Waals surface area contributed by atoms with Crippen molar-refractivity contribution >= 4 is 5.91 Å². The summed E-state index contributed by atoms with van der Waals surface area (Å²) in [6, 6.07) is 2.98. The Morgan fingerprint density at radius 3 is 2.93 bits per heavy atom. The lowest BCUT2D eigenvalue weighted by molar-refractivity contribution is 0.0922. The largest absolute Gasteiger partial charge is 0.395 e. The predicted octanol–water partition coefficient (Wildman–Crippen LogP) is 0.475. The van der Waals surface area contributed by atoms with Crippen LogP contribution >= 0.6 is 0 Å². The third-order valence-corrected chi connectivity index (χ3v) is 1.79. The number of nitrogens with zero attached hydrogens (tertiary/aromatic N) is 1. The van der Waals surface area contributed by atoms with Crippen molar-refractivity contribution in [2.45, 2.75) is 13.0 Å². The Morgan fingerprint density at radius 1 is 1.60 bits per heavy atom. The molecule has 0 atom stereocenters. The lowest BCUT2D eigenvalue weighted by atomic mass is 10.4. The monoisotopic (exact) mass is 218 g/mol. The van der Waals surface area contributed by atoms with Crippen LogP contribution in [0.25, 0.3) is 0 Å². The van der Waals surface area contributed by atoms with Gasteiger partial charge in [0.05, 0.1) is 13.2 Å². The molecular weight excluding hydrogens is 206 g/mol. The van der Waals surface area contributed by atoms with Crippen LogP contribution in [0.15, 0.2) is 18.3 Å². The highest BCUT2D eigenvalue weighted by atomic mass is 19.3. The third kappa shape index (κ3) is 3.32. The molecule has 84 valence electrons. The first kappa shape index (κ1) is 11.6. The number of hydrogen-bond donors (Lipinski definition) is 2. The molecule has 0 aliphatic rings. The lowest BCUT2D eigenvalue weighted by Gasteiger charge is -2.08. The predicted molar refractivity (Wildman–Crippen MR) is 49.9 cm³/mol. The van der Waals surface area contributed by atoms with Crippen LogP contribution in [0.5, 0.6) is 0 Å². The minimum Gasteiger partial charge on any atom is -0.395 e. The molecule has 0 aliphatic heterocycles. The van der Waals surface area contributed by atoms with E-state index in [9.17, 15) is 13.6 Å². The van der Waals surface area contributed by atoms with Gasteiger partial charge in [-0.15, -0.1) is 0 Å². The maximum atomic E-state index is 12.1. The minimum atomic E-state index is -2.50. The van der Waals surface area contributed by atoms with Gasteiger partial charge >= 0.3 is 0 Å². The number of aliphatic hydroxyl groups excluding tert-OH is 1. The van der Waals surface area contributed by atoms with Crippen LogP contribution in [0.4, 0.5) is 8.78 Å². The van der Waals surface area contributed by atoms with Gasteiger partial charge in [-0.3, -0.25) is 4.79 Å². The van der Waals surface area contributed by atoms with Crippen LogP contribution in [-0.2, 0) is 6.54 Å². The molecule has 1 amide bonds. The van der Waals surface area contributed by atoms with Crippen molar-refractivity contribution in [3.8, 4) is 0 Å². The Labute approximate surface area is 85.5 Å². The Hall–Kier alpha value is -1.43. The highest BCUT2D eigenvalue weighted by Crippen LogP contribution is 2.06. The van der Waals surface area contributed by atoms with E-state index < -0.39 is 18.9 Å². The summed E-state index contributed by atoms with van der Waals surface area (Å²) in [6.45, 7) is -0.575. The first-order valence-electron chi connectivity index (χ1n) is 4.47. The number of rotatable bonds is 5. The SMILES string of the molecule is O=C(NCCO)c1cccn1CC(F)F. The van der Waals surface area contributed by atoms with E-state index in [0.717, 1.165) is 0 Å². The van der Waals surface area contributed by atoms with Gasteiger partial charge in [0.15, 0.2) is 0 Å². The molecular formula is C9H12F2N2O2. The van der Waals surface area contributed by atoms with Crippen LogP contribution in [0.2, 0.25) is 0 Å². The molecule has 1 aromatic rings. The molecule has 0 fully saturated rings. The molecule has 0 radical (unpaired) electrons. The van der Waals surface area contributed by atoms with Gasteiger partial charge in [0, 0.05) is 12.7 Å². The smallest absolute Gasteiger partial charge is 0.267 e. The van der Waals surface area contributed by atoms with E-state index in [1.807, 2.05) is 0 Å². The lowest BCUT2D eigenvalue weighted by Crippen LogP contribution is -2.28. The molecule has 0 unspecified atom stereocenters. The molecule has 0 saturated heterocycles. The highest BCUT2D eigenvalue weighted by molar-refractivity contribution is 5.92. The molecule has 15 heavy (non-hydrogen) atoms. The Morgan fingerprint density at radius 2 is 2.33 bits per heavy atom. The average Bonchev–Trinajstić information content (AvgIpc) is 2.61. The van der Waals surface area contributed by atoms with Gasteiger partial charge in [-0.25, -0.2) is 8.78 Å². The van der Waals surface area contributed by atoms with Crippen LogP contribution in [-0.4, -0.2) is 35.2 Å². The van der Waals surface area contributed by atoms with E-state index in [-0.39, 0.29) is 18.8 Å². The quantitative estimate of drug-likeness (QED) is 0.755. The van der Waals surface area contributed by atoms with Gasteiger partial charge in [0.2, 0.25) is 0 Å². The summed E-state index contributed by atoms with van der Waals surface area (Å²) in [6.07, 6.45) is -1.08. The molecule has 0 aliphatic carbocycles. The highest BCUT2D eigenvalue weighted by Gasteiger charge is 2.12. The van der Waals surface area contributed by atoms with Crippen molar-refractivity contribution < 1.29 is 18.7 Å². The van der Waals surface area contributed by atoms with Gasteiger partial charge in [0.1, 0.15) is 5.69 Å². The number of nitrogens with one attached hydrogen (secondary N) is 1. The molecule has 1 rings (SSSR count). The van der Waals surface area contributed by atoms with Crippen molar-refractivity contribution in [1.29, 1.82) is 0 Å². The van der Waals surface area contributed by atoms with E-state index in [4.69, 9.17) is 5.11 Å². The Balaban J connectivity index is 2.67. The minimum absolute atomic E-state index is 0.110. The standard InChI is InChI=1S/C9H12F2N2O2/c10-8(11)6-13-4-1-2-7(13)9(15)12-3-5-14/h1-2,4,8,14H,3,5-6H2,(H,12,15). The molecule has 4 nitrogen and oxygen atoms in total. The molecule has 0 saturated carbocycles. The summed E-state index contributed by atoms with van der Waals surface area (Å²) in [5.74, 6) is -0.463. The van der Waals surface area contributed by atoms with Crippen LogP contribution < -0.4 is 5.32 Å². The summed E-state index contributed by atoms with van der Waals surface area (Å²) in [5, 5.41) is 10.9. The third-order valence-electron chi connectivity index (χ3n) is 1.79. The number of carbonyl (C=O) groups is 1. The fourth-order valence-electron chi connectivity index (χ4n) is 1.19. The van der Waals surface area contributed by atoms with E-state index in [1.54, 1.807) is 0 Å². The number of aliphatic hydroxyl groups is 1. The second-order valence-electron chi connectivity index (χ2n) is 2.92. The molecule has 0 spiro atoms. The fourth-order valence-corrected chi connectivity index (χ4v) is 1.19. The first-order valence-corrected chi connectivity index (χ1v) is 4.47. The summed E-state index contributed by atoms with van der Waals surface area (Å²) < 4.78 is 25.4. The van der Waals surface area contributed by atoms with Gasteiger partial charge in [-0.1, -0.05) is 0 Å². The van der Waals surface area contributed by atoms with E-state index in [2.05, 4.69) is 5.32 Å². The van der Waals surface area contributed by atoms with E-state index in [0.29, 0.717) is 0 Å². The number of hydrogen-bond acceptors (Lipinski definition) is 2. The molecule has 1 heterocycles. The maximum Gasteiger partial charge on any atom is 0.267 e. The van der Waals surface area contributed by atoms with Crippen molar-refractivity contribution in [3.05, 3.63) is 24.0 Å². The fraction of sp³-hybridized carbons (Fsp3) is 0.444. The maximum absolute atomic E-state index is 12.1. The Bertz CT molecular complexity index is 326. The van der Waals surface area contributed by atoms with Gasteiger partial charge in [0.25, 0.3) is 12.3 Å². The van der Waals surface area contributed by atoms with Gasteiger partial charge < -0.3 is 15.0 Å². The van der Waals surface area contributed by atoms with Crippen molar-refractivity contribution in [3.63, 3.8) is 0 Å². The van der Waals surface area contributed by atoms with Crippen LogP contribution in [0.3, 0.4) is 0 Å². The van der Waals surface area contributed by atoms with E-state index >= 15 is 0 Å². The second-order valence-corrected chi connectivity index (χ2v) is 2.92. The summed E-state index contributed by atoms with van der Waals surface area (Å²) in [5.41, 5.74) is 0.170. The van der Waals surface area contributed by atoms with Crippen molar-refractivity contribution in [1.82, 2.24) is 9.88 Å². The van der Waals surface area contributed by atoms with Gasteiger partial charge in [-0.05, 0) is 12.1 Å². The number of aromatic nitrogens is 1.